The highest BCUT2D eigenvalue weighted by molar-refractivity contribution is 5.74. The number of methoxy groups -OCH3 is 1. The normalized spacial score (nSPS) is 17.6. The average Bonchev–Trinajstić information content (AvgIpc) is 2.89. The van der Waals surface area contributed by atoms with Gasteiger partial charge in [-0.15, -0.1) is 0 Å². The van der Waals surface area contributed by atoms with Crippen LogP contribution in [0.2, 0.25) is 0 Å². The maximum absolute atomic E-state index is 11.3. The first-order chi connectivity index (χ1) is 6.76. The number of ether oxygens (including phenoxy) is 1. The van der Waals surface area contributed by atoms with Crippen LogP contribution in [0.15, 0.2) is 0 Å². The summed E-state index contributed by atoms with van der Waals surface area (Å²) in [5.41, 5.74) is 5.42. The summed E-state index contributed by atoms with van der Waals surface area (Å²) in [6.45, 7) is 1.06. The van der Waals surface area contributed by atoms with Crippen molar-refractivity contribution in [2.24, 2.45) is 5.73 Å². The highest BCUT2D eigenvalue weighted by Crippen LogP contribution is 2.18. The molecule has 4 N–H and O–H groups in total. The lowest BCUT2D eigenvalue weighted by molar-refractivity contribution is 0.162. The van der Waals surface area contributed by atoms with Crippen LogP contribution >= 0.6 is 0 Å². The Morgan fingerprint density at radius 1 is 1.64 bits per heavy atom. The van der Waals surface area contributed by atoms with E-state index in [1.165, 1.54) is 0 Å². The van der Waals surface area contributed by atoms with Gasteiger partial charge in [-0.3, -0.25) is 0 Å². The van der Waals surface area contributed by atoms with Crippen LogP contribution in [0, 0.1) is 0 Å². The maximum Gasteiger partial charge on any atom is 0.315 e. The van der Waals surface area contributed by atoms with E-state index in [2.05, 4.69) is 10.6 Å². The third-order valence-electron chi connectivity index (χ3n) is 2.13. The molecule has 0 bridgehead atoms. The van der Waals surface area contributed by atoms with Crippen molar-refractivity contribution < 1.29 is 9.53 Å². The van der Waals surface area contributed by atoms with Crippen LogP contribution in [0.4, 0.5) is 4.79 Å². The third-order valence-corrected chi connectivity index (χ3v) is 2.13. The van der Waals surface area contributed by atoms with E-state index in [4.69, 9.17) is 10.5 Å². The fraction of sp³-hybridized carbons (Fsp3) is 0.889. The number of amides is 2. The van der Waals surface area contributed by atoms with Crippen molar-refractivity contribution in [2.45, 2.75) is 31.3 Å². The number of carbonyl (C=O) groups is 1. The van der Waals surface area contributed by atoms with Gasteiger partial charge in [-0.05, 0) is 25.8 Å². The van der Waals surface area contributed by atoms with Crippen LogP contribution in [0.25, 0.3) is 0 Å². The molecule has 14 heavy (non-hydrogen) atoms. The summed E-state index contributed by atoms with van der Waals surface area (Å²) >= 11 is 0. The highest BCUT2D eigenvalue weighted by Gasteiger charge is 2.24. The molecule has 0 aromatic rings. The van der Waals surface area contributed by atoms with Gasteiger partial charge in [-0.2, -0.15) is 0 Å². The van der Waals surface area contributed by atoms with E-state index in [-0.39, 0.29) is 12.1 Å². The van der Waals surface area contributed by atoms with Crippen LogP contribution < -0.4 is 16.4 Å². The van der Waals surface area contributed by atoms with E-state index in [0.29, 0.717) is 19.2 Å². The summed E-state index contributed by atoms with van der Waals surface area (Å²) in [4.78, 5) is 11.3. The van der Waals surface area contributed by atoms with Crippen LogP contribution in [0.1, 0.15) is 19.3 Å². The first-order valence-electron chi connectivity index (χ1n) is 5.02. The Morgan fingerprint density at radius 3 is 2.86 bits per heavy atom. The van der Waals surface area contributed by atoms with E-state index in [1.54, 1.807) is 7.11 Å². The molecular formula is C9H19N3O2. The number of urea groups is 1. The average molecular weight is 201 g/mol. The number of carbonyl (C=O) groups excluding carboxylic acids is 1. The second-order valence-electron chi connectivity index (χ2n) is 3.62. The molecule has 1 unspecified atom stereocenters. The van der Waals surface area contributed by atoms with Crippen LogP contribution in [-0.4, -0.2) is 38.4 Å². The van der Waals surface area contributed by atoms with E-state index < -0.39 is 0 Å². The van der Waals surface area contributed by atoms with Gasteiger partial charge in [0.2, 0.25) is 0 Å². The Morgan fingerprint density at radius 2 is 2.36 bits per heavy atom. The lowest BCUT2D eigenvalue weighted by Gasteiger charge is -2.17. The lowest BCUT2D eigenvalue weighted by Crippen LogP contribution is -2.45. The molecule has 1 fully saturated rings. The summed E-state index contributed by atoms with van der Waals surface area (Å²) in [5.74, 6) is 0. The van der Waals surface area contributed by atoms with Gasteiger partial charge < -0.3 is 21.1 Å². The topological polar surface area (TPSA) is 76.4 Å². The van der Waals surface area contributed by atoms with Gasteiger partial charge in [0.1, 0.15) is 0 Å². The van der Waals surface area contributed by atoms with Crippen LogP contribution in [0.5, 0.6) is 0 Å². The predicted molar refractivity (Wildman–Crippen MR) is 54.0 cm³/mol. The number of hydrogen-bond acceptors (Lipinski definition) is 3. The van der Waals surface area contributed by atoms with Crippen molar-refractivity contribution in [3.05, 3.63) is 0 Å². The lowest BCUT2D eigenvalue weighted by atomic mass is 10.2. The quantitative estimate of drug-likeness (QED) is 0.557. The van der Waals surface area contributed by atoms with Crippen LogP contribution in [-0.2, 0) is 4.74 Å². The van der Waals surface area contributed by atoms with Crippen molar-refractivity contribution in [1.82, 2.24) is 10.6 Å². The monoisotopic (exact) mass is 201 g/mol. The van der Waals surface area contributed by atoms with Gasteiger partial charge in [0.05, 0.1) is 12.6 Å². The summed E-state index contributed by atoms with van der Waals surface area (Å²) in [7, 11) is 1.62. The zero-order valence-electron chi connectivity index (χ0n) is 8.58. The van der Waals surface area contributed by atoms with E-state index in [9.17, 15) is 4.79 Å². The summed E-state index contributed by atoms with van der Waals surface area (Å²) in [5, 5.41) is 5.69. The minimum absolute atomic E-state index is 0.0174. The molecule has 0 heterocycles. The fourth-order valence-corrected chi connectivity index (χ4v) is 1.24. The van der Waals surface area contributed by atoms with Crippen LogP contribution in [0.3, 0.4) is 0 Å². The highest BCUT2D eigenvalue weighted by atomic mass is 16.5. The number of nitrogens with two attached hydrogens (primary N) is 1. The fourth-order valence-electron chi connectivity index (χ4n) is 1.24. The van der Waals surface area contributed by atoms with E-state index in [1.807, 2.05) is 0 Å². The largest absolute Gasteiger partial charge is 0.383 e. The van der Waals surface area contributed by atoms with Crippen molar-refractivity contribution in [1.29, 1.82) is 0 Å². The van der Waals surface area contributed by atoms with E-state index >= 15 is 0 Å². The third kappa shape index (κ3) is 4.43. The molecule has 2 amide bonds. The van der Waals surface area contributed by atoms with Gasteiger partial charge in [0, 0.05) is 13.2 Å². The van der Waals surface area contributed by atoms with Gasteiger partial charge in [-0.25, -0.2) is 4.79 Å². The van der Waals surface area contributed by atoms with Gasteiger partial charge in [-0.1, -0.05) is 0 Å². The molecule has 0 aromatic carbocycles. The molecule has 1 aliphatic rings. The maximum atomic E-state index is 11.3. The van der Waals surface area contributed by atoms with Gasteiger partial charge >= 0.3 is 6.03 Å². The zero-order chi connectivity index (χ0) is 10.4. The Bertz CT molecular complexity index is 177. The molecule has 0 radical (unpaired) electrons. The molecule has 82 valence electrons. The number of rotatable bonds is 6. The minimum atomic E-state index is -0.108. The zero-order valence-corrected chi connectivity index (χ0v) is 8.58. The van der Waals surface area contributed by atoms with Crippen molar-refractivity contribution in [3.8, 4) is 0 Å². The molecule has 5 nitrogen and oxygen atoms in total. The Hall–Kier alpha value is -0.810. The number of hydrogen-bond donors (Lipinski definition) is 3. The second-order valence-corrected chi connectivity index (χ2v) is 3.62. The predicted octanol–water partition coefficient (Wildman–Crippen LogP) is -0.188. The molecule has 1 rings (SSSR count). The molecule has 0 aliphatic heterocycles. The molecule has 1 aliphatic carbocycles. The van der Waals surface area contributed by atoms with Gasteiger partial charge in [0.15, 0.2) is 0 Å². The van der Waals surface area contributed by atoms with Crippen molar-refractivity contribution in [3.63, 3.8) is 0 Å². The standard InChI is InChI=1S/C9H19N3O2/c1-14-6-8(4-5-10)12-9(13)11-7-2-3-7/h7-8H,2-6,10H2,1H3,(H2,11,12,13). The molecule has 1 atom stereocenters. The summed E-state index contributed by atoms with van der Waals surface area (Å²) in [6, 6.07) is 0.294. The van der Waals surface area contributed by atoms with E-state index in [0.717, 1.165) is 19.3 Å². The summed E-state index contributed by atoms with van der Waals surface area (Å²) < 4.78 is 4.98. The smallest absolute Gasteiger partial charge is 0.315 e. The second kappa shape index (κ2) is 5.82. The Balaban J connectivity index is 2.17. The molecule has 0 spiro atoms. The van der Waals surface area contributed by atoms with Crippen molar-refractivity contribution >= 4 is 6.03 Å². The first-order valence-corrected chi connectivity index (χ1v) is 5.02. The minimum Gasteiger partial charge on any atom is -0.383 e. The Labute approximate surface area is 84.4 Å². The SMILES string of the molecule is COCC(CCN)NC(=O)NC1CC1. The number of nitrogens with one attached hydrogen (secondary N) is 2. The first kappa shape index (κ1) is 11.3. The van der Waals surface area contributed by atoms with Crippen molar-refractivity contribution in [2.75, 3.05) is 20.3 Å². The summed E-state index contributed by atoms with van der Waals surface area (Å²) in [6.07, 6.45) is 2.93. The molecule has 5 heteroatoms. The Kier molecular flexibility index (Phi) is 4.69. The van der Waals surface area contributed by atoms with Gasteiger partial charge in [0.25, 0.3) is 0 Å². The molecule has 0 saturated heterocycles. The molecule has 1 saturated carbocycles. The molecule has 0 aromatic heterocycles. The molecular weight excluding hydrogens is 182 g/mol.